The molecule has 0 fully saturated rings. The van der Waals surface area contributed by atoms with Gasteiger partial charge in [0.25, 0.3) is 0 Å². The number of nitrogens with two attached hydrogens (primary N) is 1. The quantitative estimate of drug-likeness (QED) is 0.171. The Balaban J connectivity index is 3.57. The van der Waals surface area contributed by atoms with Gasteiger partial charge in [0.2, 0.25) is 5.96 Å². The lowest BCUT2D eigenvalue weighted by atomic mass is 10.4. The fraction of sp³-hybridized carbons (Fsp3) is 0.900. The normalized spacial score (nSPS) is 11.9. The van der Waals surface area contributed by atoms with E-state index in [1.165, 1.54) is 0 Å². The van der Waals surface area contributed by atoms with Crippen molar-refractivity contribution in [2.75, 3.05) is 47.4 Å². The molecule has 0 aromatic carbocycles. The minimum Gasteiger partial charge on any atom is -0.385 e. The van der Waals surface area contributed by atoms with Crippen LogP contribution >= 0.6 is 0 Å². The fourth-order valence-corrected chi connectivity index (χ4v) is 1.15. The van der Waals surface area contributed by atoms with Gasteiger partial charge in [-0.15, -0.1) is 0 Å². The average molecular weight is 231 g/mol. The number of hydrogen-bond donors (Lipinski definition) is 3. The Morgan fingerprint density at radius 1 is 1.38 bits per heavy atom. The van der Waals surface area contributed by atoms with Crippen LogP contribution in [-0.2, 0) is 4.74 Å². The number of aliphatic imine (C=N–C) groups is 1. The maximum atomic E-state index is 5.34. The first kappa shape index (κ1) is 15.2. The van der Waals surface area contributed by atoms with Crippen molar-refractivity contribution in [1.29, 1.82) is 0 Å². The van der Waals surface area contributed by atoms with Crippen LogP contribution in [0.2, 0.25) is 0 Å². The highest BCUT2D eigenvalue weighted by Crippen LogP contribution is 1.83. The molecule has 6 nitrogen and oxygen atoms in total. The van der Waals surface area contributed by atoms with Crippen molar-refractivity contribution in [3.8, 4) is 0 Å². The average Bonchev–Trinajstić information content (AvgIpc) is 2.26. The van der Waals surface area contributed by atoms with Crippen molar-refractivity contribution in [1.82, 2.24) is 15.6 Å². The van der Waals surface area contributed by atoms with Crippen LogP contribution in [-0.4, -0.2) is 58.3 Å². The van der Waals surface area contributed by atoms with E-state index in [-0.39, 0.29) is 0 Å². The van der Waals surface area contributed by atoms with Crippen molar-refractivity contribution >= 4 is 5.96 Å². The maximum Gasteiger partial charge on any atom is 0.205 e. The summed E-state index contributed by atoms with van der Waals surface area (Å²) in [6.45, 7) is 3.36. The summed E-state index contributed by atoms with van der Waals surface area (Å²) in [4.78, 5) is 6.42. The number of rotatable bonds is 8. The van der Waals surface area contributed by atoms with Crippen LogP contribution in [0.15, 0.2) is 4.99 Å². The maximum absolute atomic E-state index is 5.34. The second kappa shape index (κ2) is 10.7. The van der Waals surface area contributed by atoms with Crippen LogP contribution in [0.3, 0.4) is 0 Å². The molecule has 0 aliphatic heterocycles. The summed E-state index contributed by atoms with van der Waals surface area (Å²) < 4.78 is 4.94. The summed E-state index contributed by atoms with van der Waals surface area (Å²) in [5.74, 6) is 5.99. The van der Waals surface area contributed by atoms with Crippen molar-refractivity contribution < 1.29 is 4.74 Å². The van der Waals surface area contributed by atoms with E-state index in [1.807, 2.05) is 0 Å². The molecule has 0 saturated carbocycles. The van der Waals surface area contributed by atoms with Crippen molar-refractivity contribution in [3.05, 3.63) is 0 Å². The molecular weight excluding hydrogens is 206 g/mol. The number of methoxy groups -OCH3 is 1. The van der Waals surface area contributed by atoms with Gasteiger partial charge in [0, 0.05) is 26.8 Å². The van der Waals surface area contributed by atoms with Crippen LogP contribution < -0.4 is 16.6 Å². The highest BCUT2D eigenvalue weighted by atomic mass is 16.5. The molecule has 0 heterocycles. The lowest BCUT2D eigenvalue weighted by Gasteiger charge is -2.11. The van der Waals surface area contributed by atoms with Crippen molar-refractivity contribution in [2.45, 2.75) is 12.8 Å². The summed E-state index contributed by atoms with van der Waals surface area (Å²) in [5, 5.41) is 3.15. The molecule has 0 aromatic heterocycles. The minimum atomic E-state index is 0.648. The summed E-state index contributed by atoms with van der Waals surface area (Å²) in [7, 11) is 5.80. The predicted molar refractivity (Wildman–Crippen MR) is 67.3 cm³/mol. The fourth-order valence-electron chi connectivity index (χ4n) is 1.15. The molecule has 0 aliphatic rings. The zero-order valence-corrected chi connectivity index (χ0v) is 10.6. The van der Waals surface area contributed by atoms with Crippen LogP contribution in [0.25, 0.3) is 0 Å². The molecule has 0 rings (SSSR count). The number of ether oxygens (including phenoxy) is 1. The van der Waals surface area contributed by atoms with Gasteiger partial charge in [-0.2, -0.15) is 0 Å². The second-order valence-electron chi connectivity index (χ2n) is 3.80. The first-order chi connectivity index (χ1) is 7.70. The number of nitrogens with zero attached hydrogens (tertiary/aromatic N) is 2. The van der Waals surface area contributed by atoms with E-state index in [1.54, 1.807) is 7.11 Å². The molecule has 6 heteroatoms. The molecule has 0 spiro atoms. The van der Waals surface area contributed by atoms with Gasteiger partial charge in [0.05, 0.1) is 0 Å². The molecular formula is C10H25N5O. The Kier molecular flexibility index (Phi) is 10.1. The molecule has 4 N–H and O–H groups in total. The van der Waals surface area contributed by atoms with Crippen molar-refractivity contribution in [2.24, 2.45) is 10.8 Å². The Bertz CT molecular complexity index is 184. The largest absolute Gasteiger partial charge is 0.385 e. The van der Waals surface area contributed by atoms with E-state index in [0.717, 1.165) is 32.5 Å². The molecule has 96 valence electrons. The van der Waals surface area contributed by atoms with Crippen LogP contribution in [0.5, 0.6) is 0 Å². The van der Waals surface area contributed by atoms with Gasteiger partial charge in [-0.3, -0.25) is 10.4 Å². The summed E-state index contributed by atoms with van der Waals surface area (Å²) in [5.41, 5.74) is 2.55. The third-order valence-electron chi connectivity index (χ3n) is 1.99. The topological polar surface area (TPSA) is 74.9 Å². The zero-order chi connectivity index (χ0) is 12.2. The Labute approximate surface area is 98.2 Å². The van der Waals surface area contributed by atoms with Gasteiger partial charge in [-0.25, -0.2) is 5.84 Å². The van der Waals surface area contributed by atoms with E-state index >= 15 is 0 Å². The molecule has 0 aliphatic carbocycles. The number of hydrogen-bond acceptors (Lipinski definition) is 4. The molecule has 0 saturated heterocycles. The Hall–Kier alpha value is -0.850. The predicted octanol–water partition coefficient (Wildman–Crippen LogP) is -0.616. The molecule has 16 heavy (non-hydrogen) atoms. The molecule has 0 aromatic rings. The van der Waals surface area contributed by atoms with Gasteiger partial charge in [0.15, 0.2) is 0 Å². The molecule has 0 amide bonds. The highest BCUT2D eigenvalue weighted by Gasteiger charge is 1.95. The monoisotopic (exact) mass is 231 g/mol. The van der Waals surface area contributed by atoms with E-state index < -0.39 is 0 Å². The molecule has 0 radical (unpaired) electrons. The summed E-state index contributed by atoms with van der Waals surface area (Å²) >= 11 is 0. The van der Waals surface area contributed by atoms with E-state index in [0.29, 0.717) is 12.5 Å². The molecule has 0 unspecified atom stereocenters. The SMILES string of the molecule is COCCCN=C(NN)NCCCN(C)C. The lowest BCUT2D eigenvalue weighted by Crippen LogP contribution is -2.42. The zero-order valence-electron chi connectivity index (χ0n) is 10.6. The van der Waals surface area contributed by atoms with Gasteiger partial charge in [-0.1, -0.05) is 0 Å². The molecule has 0 bridgehead atoms. The first-order valence-corrected chi connectivity index (χ1v) is 5.59. The van der Waals surface area contributed by atoms with Crippen LogP contribution in [0.1, 0.15) is 12.8 Å². The smallest absolute Gasteiger partial charge is 0.205 e. The van der Waals surface area contributed by atoms with E-state index in [9.17, 15) is 0 Å². The van der Waals surface area contributed by atoms with Gasteiger partial charge in [0.1, 0.15) is 0 Å². The van der Waals surface area contributed by atoms with Gasteiger partial charge < -0.3 is 15.0 Å². The highest BCUT2D eigenvalue weighted by molar-refractivity contribution is 5.79. The minimum absolute atomic E-state index is 0.648. The van der Waals surface area contributed by atoms with Crippen molar-refractivity contribution in [3.63, 3.8) is 0 Å². The third-order valence-corrected chi connectivity index (χ3v) is 1.99. The second-order valence-corrected chi connectivity index (χ2v) is 3.80. The van der Waals surface area contributed by atoms with Crippen LogP contribution in [0.4, 0.5) is 0 Å². The van der Waals surface area contributed by atoms with Gasteiger partial charge >= 0.3 is 0 Å². The third kappa shape index (κ3) is 9.70. The number of hydrazine groups is 1. The Morgan fingerprint density at radius 2 is 2.12 bits per heavy atom. The standard InChI is InChI=1S/C10H25N5O/c1-15(2)8-4-6-12-10(14-11)13-7-5-9-16-3/h4-9,11H2,1-3H3,(H2,12,13,14). The van der Waals surface area contributed by atoms with E-state index in [2.05, 4.69) is 34.7 Å². The Morgan fingerprint density at radius 3 is 2.69 bits per heavy atom. The summed E-state index contributed by atoms with van der Waals surface area (Å²) in [6, 6.07) is 0. The number of nitrogens with one attached hydrogen (secondary N) is 2. The lowest BCUT2D eigenvalue weighted by molar-refractivity contribution is 0.197. The molecule has 0 atom stereocenters. The first-order valence-electron chi connectivity index (χ1n) is 5.59. The van der Waals surface area contributed by atoms with E-state index in [4.69, 9.17) is 10.6 Å². The summed E-state index contributed by atoms with van der Waals surface area (Å²) in [6.07, 6.45) is 1.97. The van der Waals surface area contributed by atoms with Gasteiger partial charge in [-0.05, 0) is 33.5 Å². The van der Waals surface area contributed by atoms with Crippen LogP contribution in [0, 0.1) is 0 Å². The number of guanidine groups is 1.